The Balaban J connectivity index is 1.42. The molecule has 0 spiro atoms. The average Bonchev–Trinajstić information content (AvgIpc) is 3.42. The summed E-state index contributed by atoms with van der Waals surface area (Å²) < 4.78 is 3.42. The minimum absolute atomic E-state index is 0.0741. The molecule has 6 rings (SSSR count). The van der Waals surface area contributed by atoms with Crippen LogP contribution < -0.4 is 15.8 Å². The fourth-order valence-electron chi connectivity index (χ4n) is 4.57. The number of fused-ring (bicyclic) bond motifs is 3. The van der Waals surface area contributed by atoms with Crippen LogP contribution in [0.5, 0.6) is 0 Å². The first-order valence-electron chi connectivity index (χ1n) is 9.88. The summed E-state index contributed by atoms with van der Waals surface area (Å²) in [4.78, 5) is 25.2. The molecule has 0 amide bonds. The summed E-state index contributed by atoms with van der Waals surface area (Å²) >= 11 is 1.58. The summed E-state index contributed by atoms with van der Waals surface area (Å²) in [5, 5.41) is 9.22. The zero-order valence-corrected chi connectivity index (χ0v) is 17.1. The third-order valence-corrected chi connectivity index (χ3v) is 7.09. The summed E-state index contributed by atoms with van der Waals surface area (Å²) in [6.07, 6.45) is 3.83. The van der Waals surface area contributed by atoms with Crippen molar-refractivity contribution < 1.29 is 0 Å². The Hall–Kier alpha value is -2.78. The van der Waals surface area contributed by atoms with E-state index < -0.39 is 0 Å². The van der Waals surface area contributed by atoms with Gasteiger partial charge in [0, 0.05) is 38.4 Å². The molecule has 0 radical (unpaired) electrons. The summed E-state index contributed by atoms with van der Waals surface area (Å²) in [7, 11) is 0. The third kappa shape index (κ3) is 2.68. The summed E-state index contributed by atoms with van der Waals surface area (Å²) in [6, 6.07) is 3.52. The van der Waals surface area contributed by atoms with E-state index in [4.69, 9.17) is 4.98 Å². The van der Waals surface area contributed by atoms with Crippen molar-refractivity contribution in [3.8, 4) is 11.4 Å². The molecule has 2 unspecified atom stereocenters. The predicted octanol–water partition coefficient (Wildman–Crippen LogP) is 1.74. The van der Waals surface area contributed by atoms with Crippen molar-refractivity contribution in [3.63, 3.8) is 0 Å². The van der Waals surface area contributed by atoms with Crippen LogP contribution in [0.2, 0.25) is 0 Å². The molecule has 29 heavy (non-hydrogen) atoms. The van der Waals surface area contributed by atoms with E-state index in [-0.39, 0.29) is 5.56 Å². The number of aryl methyl sites for hydroxylation is 2. The molecule has 2 aliphatic heterocycles. The van der Waals surface area contributed by atoms with Gasteiger partial charge >= 0.3 is 0 Å². The van der Waals surface area contributed by atoms with Crippen LogP contribution in [-0.2, 0) is 0 Å². The van der Waals surface area contributed by atoms with E-state index in [0.29, 0.717) is 28.2 Å². The van der Waals surface area contributed by atoms with Crippen molar-refractivity contribution >= 4 is 26.9 Å². The molecule has 4 aromatic heterocycles. The van der Waals surface area contributed by atoms with Gasteiger partial charge in [0.05, 0.1) is 17.6 Å². The van der Waals surface area contributed by atoms with Crippen molar-refractivity contribution in [3.05, 3.63) is 46.1 Å². The van der Waals surface area contributed by atoms with Gasteiger partial charge in [-0.1, -0.05) is 11.3 Å². The molecular weight excluding hydrogens is 386 g/mol. The topological polar surface area (TPSA) is 79.8 Å². The van der Waals surface area contributed by atoms with Gasteiger partial charge in [0.1, 0.15) is 10.7 Å². The van der Waals surface area contributed by atoms with Crippen molar-refractivity contribution in [2.45, 2.75) is 13.8 Å². The number of nitrogens with one attached hydrogen (secondary N) is 1. The Labute approximate surface area is 170 Å². The Bertz CT molecular complexity index is 1310. The lowest BCUT2D eigenvalue weighted by molar-refractivity contribution is 0.533. The van der Waals surface area contributed by atoms with Crippen LogP contribution in [0.1, 0.15) is 11.3 Å². The Morgan fingerprint density at radius 3 is 2.66 bits per heavy atom. The molecule has 2 fully saturated rings. The molecule has 2 atom stereocenters. The number of hydrogen-bond acceptors (Lipinski definition) is 7. The highest BCUT2D eigenvalue weighted by atomic mass is 32.1. The lowest BCUT2D eigenvalue weighted by Crippen LogP contribution is -2.24. The SMILES string of the molecule is Cc1cn2nc(-c3cc(=O)n4cc(N5CC6CNCC6C5)sc4n3)cc(C)c2n1. The predicted molar refractivity (Wildman–Crippen MR) is 113 cm³/mol. The molecular formula is C20H21N7OS. The van der Waals surface area contributed by atoms with Crippen LogP contribution in [0, 0.1) is 25.7 Å². The van der Waals surface area contributed by atoms with Gasteiger partial charge in [0.25, 0.3) is 5.56 Å². The second kappa shape index (κ2) is 6.11. The third-order valence-electron chi connectivity index (χ3n) is 6.05. The molecule has 0 aliphatic carbocycles. The number of thiazole rings is 1. The van der Waals surface area contributed by atoms with E-state index in [9.17, 15) is 4.79 Å². The quantitative estimate of drug-likeness (QED) is 0.545. The standard InChI is InChI=1S/C20H21N7OS/c1-11-3-16(24-27-7-12(2)22-19(11)27)15-4-17(28)26-10-18(29-20(26)23-15)25-8-13-5-21-6-14(13)9-25/h3-4,7,10,13-14,21H,5-6,8-9H2,1-2H3. The largest absolute Gasteiger partial charge is 0.361 e. The first-order chi connectivity index (χ1) is 14.0. The van der Waals surface area contributed by atoms with E-state index >= 15 is 0 Å². The summed E-state index contributed by atoms with van der Waals surface area (Å²) in [6.45, 7) is 8.22. The molecule has 9 heteroatoms. The number of anilines is 1. The molecule has 2 aliphatic rings. The van der Waals surface area contributed by atoms with Gasteiger partial charge in [-0.2, -0.15) is 5.10 Å². The highest BCUT2D eigenvalue weighted by Crippen LogP contribution is 2.34. The lowest BCUT2D eigenvalue weighted by Gasteiger charge is -2.16. The average molecular weight is 408 g/mol. The fourth-order valence-corrected chi connectivity index (χ4v) is 5.58. The van der Waals surface area contributed by atoms with Crippen molar-refractivity contribution in [2.24, 2.45) is 11.8 Å². The molecule has 2 saturated heterocycles. The molecule has 6 heterocycles. The first kappa shape index (κ1) is 17.1. The summed E-state index contributed by atoms with van der Waals surface area (Å²) in [5.41, 5.74) is 3.96. The Kier molecular flexibility index (Phi) is 3.60. The molecule has 0 aromatic carbocycles. The zero-order valence-electron chi connectivity index (χ0n) is 16.3. The van der Waals surface area contributed by atoms with Crippen LogP contribution >= 0.6 is 11.3 Å². The van der Waals surface area contributed by atoms with E-state index in [1.807, 2.05) is 32.3 Å². The molecule has 148 valence electrons. The van der Waals surface area contributed by atoms with Crippen molar-refractivity contribution in [2.75, 3.05) is 31.1 Å². The van der Waals surface area contributed by atoms with Crippen LogP contribution in [0.3, 0.4) is 0 Å². The van der Waals surface area contributed by atoms with E-state index in [1.165, 1.54) is 0 Å². The van der Waals surface area contributed by atoms with Crippen LogP contribution in [0.4, 0.5) is 5.00 Å². The van der Waals surface area contributed by atoms with Gasteiger partial charge in [-0.25, -0.2) is 14.5 Å². The maximum absolute atomic E-state index is 12.8. The number of aromatic nitrogens is 5. The highest BCUT2D eigenvalue weighted by Gasteiger charge is 2.36. The first-order valence-corrected chi connectivity index (χ1v) is 10.7. The minimum atomic E-state index is -0.0741. The van der Waals surface area contributed by atoms with Gasteiger partial charge in [-0.05, 0) is 37.3 Å². The van der Waals surface area contributed by atoms with Gasteiger partial charge in [0.15, 0.2) is 10.6 Å². The fraction of sp³-hybridized carbons (Fsp3) is 0.400. The number of nitrogens with zero attached hydrogens (tertiary/aromatic N) is 6. The summed E-state index contributed by atoms with van der Waals surface area (Å²) in [5.74, 6) is 1.41. The maximum atomic E-state index is 12.8. The number of rotatable bonds is 2. The monoisotopic (exact) mass is 407 g/mol. The van der Waals surface area contributed by atoms with Gasteiger partial charge in [0.2, 0.25) is 0 Å². The molecule has 1 N–H and O–H groups in total. The van der Waals surface area contributed by atoms with Crippen LogP contribution in [-0.4, -0.2) is 50.2 Å². The minimum Gasteiger partial charge on any atom is -0.361 e. The van der Waals surface area contributed by atoms with Gasteiger partial charge in [-0.3, -0.25) is 9.20 Å². The molecule has 4 aromatic rings. The lowest BCUT2D eigenvalue weighted by atomic mass is 10.0. The maximum Gasteiger partial charge on any atom is 0.259 e. The smallest absolute Gasteiger partial charge is 0.259 e. The Morgan fingerprint density at radius 1 is 1.07 bits per heavy atom. The van der Waals surface area contributed by atoms with E-state index in [2.05, 4.69) is 20.3 Å². The number of imidazole rings is 1. The van der Waals surface area contributed by atoms with Crippen molar-refractivity contribution in [1.29, 1.82) is 0 Å². The van der Waals surface area contributed by atoms with E-state index in [1.54, 1.807) is 26.3 Å². The van der Waals surface area contributed by atoms with E-state index in [0.717, 1.165) is 48.1 Å². The van der Waals surface area contributed by atoms with Gasteiger partial charge in [-0.15, -0.1) is 0 Å². The van der Waals surface area contributed by atoms with Crippen molar-refractivity contribution in [1.82, 2.24) is 29.3 Å². The molecule has 8 nitrogen and oxygen atoms in total. The second-order valence-corrected chi connectivity index (χ2v) is 9.14. The van der Waals surface area contributed by atoms with Crippen LogP contribution in [0.15, 0.2) is 29.3 Å². The molecule has 0 saturated carbocycles. The normalized spacial score (nSPS) is 21.5. The zero-order chi connectivity index (χ0) is 19.7. The molecule has 0 bridgehead atoms. The second-order valence-electron chi connectivity index (χ2n) is 8.15. The Morgan fingerprint density at radius 2 is 1.86 bits per heavy atom. The van der Waals surface area contributed by atoms with Crippen LogP contribution in [0.25, 0.3) is 22.0 Å². The highest BCUT2D eigenvalue weighted by molar-refractivity contribution is 7.20. The van der Waals surface area contributed by atoms with Gasteiger partial charge < -0.3 is 10.2 Å². The number of hydrogen-bond donors (Lipinski definition) is 1.